The van der Waals surface area contributed by atoms with Gasteiger partial charge in [0.15, 0.2) is 0 Å². The number of rotatable bonds is 4. The second-order valence-electron chi connectivity index (χ2n) is 4.96. The molecule has 1 atom stereocenters. The molecule has 98 valence electrons. The van der Waals surface area contributed by atoms with Crippen LogP contribution < -0.4 is 11.1 Å². The number of hydrogen-bond donors (Lipinski definition) is 2. The van der Waals surface area contributed by atoms with E-state index in [0.717, 1.165) is 12.2 Å². The smallest absolute Gasteiger partial charge is 0.248 e. The van der Waals surface area contributed by atoms with Crippen molar-refractivity contribution < 1.29 is 4.79 Å². The highest BCUT2D eigenvalue weighted by molar-refractivity contribution is 5.93. The lowest BCUT2D eigenvalue weighted by molar-refractivity contribution is 0.100. The number of anilines is 1. The van der Waals surface area contributed by atoms with E-state index in [-0.39, 0.29) is 5.91 Å². The van der Waals surface area contributed by atoms with Crippen molar-refractivity contribution in [3.63, 3.8) is 0 Å². The Kier molecular flexibility index (Phi) is 4.20. The molecule has 1 unspecified atom stereocenters. The van der Waals surface area contributed by atoms with E-state index >= 15 is 0 Å². The molecule has 1 aliphatic heterocycles. The minimum Gasteiger partial charge on any atom is -0.383 e. The second kappa shape index (κ2) is 5.87. The zero-order valence-electron chi connectivity index (χ0n) is 10.9. The SMILES string of the molecule is CN1CCCCC1CNc1cccc(C(N)=O)c1. The minimum atomic E-state index is -0.381. The standard InChI is InChI=1S/C14H21N3O/c1-17-8-3-2-7-13(17)10-16-12-6-4-5-11(9-12)14(15)18/h4-6,9,13,16H,2-3,7-8,10H2,1H3,(H2,15,18). The van der Waals surface area contributed by atoms with Gasteiger partial charge in [-0.25, -0.2) is 0 Å². The van der Waals surface area contributed by atoms with E-state index < -0.39 is 0 Å². The van der Waals surface area contributed by atoms with Crippen molar-refractivity contribution in [3.8, 4) is 0 Å². The third-order valence-corrected chi connectivity index (χ3v) is 3.61. The molecule has 1 fully saturated rings. The zero-order chi connectivity index (χ0) is 13.0. The predicted octanol–water partition coefficient (Wildman–Crippen LogP) is 1.68. The molecule has 4 heteroatoms. The van der Waals surface area contributed by atoms with Crippen LogP contribution in [0.3, 0.4) is 0 Å². The van der Waals surface area contributed by atoms with E-state index in [0.29, 0.717) is 11.6 Å². The maximum absolute atomic E-state index is 11.1. The molecule has 0 aliphatic carbocycles. The Bertz CT molecular complexity index is 419. The van der Waals surface area contributed by atoms with Crippen LogP contribution in [0.1, 0.15) is 29.6 Å². The lowest BCUT2D eigenvalue weighted by atomic mass is 10.0. The zero-order valence-corrected chi connectivity index (χ0v) is 10.9. The molecule has 1 aromatic carbocycles. The molecule has 2 rings (SSSR count). The molecule has 0 bridgehead atoms. The Balaban J connectivity index is 1.93. The molecule has 1 amide bonds. The summed E-state index contributed by atoms with van der Waals surface area (Å²) in [5.41, 5.74) is 6.78. The van der Waals surface area contributed by atoms with Gasteiger partial charge >= 0.3 is 0 Å². The van der Waals surface area contributed by atoms with Crippen LogP contribution in [0.15, 0.2) is 24.3 Å². The van der Waals surface area contributed by atoms with Gasteiger partial charge in [-0.05, 0) is 44.6 Å². The maximum Gasteiger partial charge on any atom is 0.248 e. The quantitative estimate of drug-likeness (QED) is 0.851. The van der Waals surface area contributed by atoms with Crippen LogP contribution in [0.2, 0.25) is 0 Å². The van der Waals surface area contributed by atoms with Crippen LogP contribution in [-0.4, -0.2) is 37.0 Å². The van der Waals surface area contributed by atoms with Gasteiger partial charge in [-0.2, -0.15) is 0 Å². The van der Waals surface area contributed by atoms with Gasteiger partial charge in [-0.15, -0.1) is 0 Å². The highest BCUT2D eigenvalue weighted by Crippen LogP contribution is 2.16. The third-order valence-electron chi connectivity index (χ3n) is 3.61. The summed E-state index contributed by atoms with van der Waals surface area (Å²) in [6.45, 7) is 2.09. The van der Waals surface area contributed by atoms with Crippen LogP contribution in [0.25, 0.3) is 0 Å². The Morgan fingerprint density at radius 2 is 2.33 bits per heavy atom. The number of nitrogens with zero attached hydrogens (tertiary/aromatic N) is 1. The largest absolute Gasteiger partial charge is 0.383 e. The van der Waals surface area contributed by atoms with Crippen molar-refractivity contribution in [2.75, 3.05) is 25.5 Å². The first-order chi connectivity index (χ1) is 8.66. The first-order valence-corrected chi connectivity index (χ1v) is 6.51. The molecule has 1 aliphatic rings. The van der Waals surface area contributed by atoms with Crippen LogP contribution in [-0.2, 0) is 0 Å². The highest BCUT2D eigenvalue weighted by atomic mass is 16.1. The van der Waals surface area contributed by atoms with E-state index in [4.69, 9.17) is 5.73 Å². The van der Waals surface area contributed by atoms with Crippen LogP contribution in [0.5, 0.6) is 0 Å². The van der Waals surface area contributed by atoms with E-state index in [1.54, 1.807) is 6.07 Å². The maximum atomic E-state index is 11.1. The molecule has 3 N–H and O–H groups in total. The van der Waals surface area contributed by atoms with Crippen LogP contribution in [0, 0.1) is 0 Å². The number of carbonyl (C=O) groups is 1. The van der Waals surface area contributed by atoms with Crippen molar-refractivity contribution in [2.24, 2.45) is 5.73 Å². The number of nitrogens with one attached hydrogen (secondary N) is 1. The van der Waals surface area contributed by atoms with Gasteiger partial charge in [-0.1, -0.05) is 12.5 Å². The fourth-order valence-corrected chi connectivity index (χ4v) is 2.42. The van der Waals surface area contributed by atoms with Crippen molar-refractivity contribution in [1.82, 2.24) is 4.90 Å². The predicted molar refractivity (Wildman–Crippen MR) is 73.7 cm³/mol. The van der Waals surface area contributed by atoms with E-state index in [1.165, 1.54) is 25.8 Å². The molecule has 0 aromatic heterocycles. The first kappa shape index (κ1) is 12.9. The normalized spacial score (nSPS) is 20.6. The average molecular weight is 247 g/mol. The molecule has 1 saturated heterocycles. The Morgan fingerprint density at radius 1 is 1.50 bits per heavy atom. The van der Waals surface area contributed by atoms with Gasteiger partial charge in [0.25, 0.3) is 0 Å². The Morgan fingerprint density at radius 3 is 3.06 bits per heavy atom. The molecule has 1 aromatic rings. The number of likely N-dealkylation sites (tertiary alicyclic amines) is 1. The minimum absolute atomic E-state index is 0.381. The fraction of sp³-hybridized carbons (Fsp3) is 0.500. The number of amides is 1. The lowest BCUT2D eigenvalue weighted by Gasteiger charge is -2.32. The van der Waals surface area contributed by atoms with E-state index in [9.17, 15) is 4.79 Å². The molecular weight excluding hydrogens is 226 g/mol. The number of hydrogen-bond acceptors (Lipinski definition) is 3. The van der Waals surface area contributed by atoms with Crippen molar-refractivity contribution in [3.05, 3.63) is 29.8 Å². The summed E-state index contributed by atoms with van der Waals surface area (Å²) in [6, 6.07) is 7.95. The number of piperidine rings is 1. The molecule has 1 heterocycles. The Hall–Kier alpha value is -1.55. The van der Waals surface area contributed by atoms with E-state index in [1.807, 2.05) is 18.2 Å². The van der Waals surface area contributed by atoms with Gasteiger partial charge in [0.05, 0.1) is 0 Å². The summed E-state index contributed by atoms with van der Waals surface area (Å²) < 4.78 is 0. The van der Waals surface area contributed by atoms with Crippen molar-refractivity contribution in [1.29, 1.82) is 0 Å². The second-order valence-corrected chi connectivity index (χ2v) is 4.96. The summed E-state index contributed by atoms with van der Waals surface area (Å²) in [6.07, 6.45) is 3.83. The first-order valence-electron chi connectivity index (χ1n) is 6.51. The van der Waals surface area contributed by atoms with Crippen LogP contribution >= 0.6 is 0 Å². The molecule has 0 saturated carbocycles. The van der Waals surface area contributed by atoms with Gasteiger partial charge in [0, 0.05) is 23.8 Å². The summed E-state index contributed by atoms with van der Waals surface area (Å²) in [5, 5.41) is 3.39. The fourth-order valence-electron chi connectivity index (χ4n) is 2.42. The highest BCUT2D eigenvalue weighted by Gasteiger charge is 2.18. The van der Waals surface area contributed by atoms with Crippen LogP contribution in [0.4, 0.5) is 5.69 Å². The molecule has 0 radical (unpaired) electrons. The van der Waals surface area contributed by atoms with Crippen molar-refractivity contribution >= 4 is 11.6 Å². The molecular formula is C14H21N3O. The monoisotopic (exact) mass is 247 g/mol. The number of carbonyl (C=O) groups excluding carboxylic acids is 1. The number of benzene rings is 1. The van der Waals surface area contributed by atoms with Crippen molar-refractivity contribution in [2.45, 2.75) is 25.3 Å². The summed E-state index contributed by atoms with van der Waals surface area (Å²) in [5.74, 6) is -0.381. The number of primary amides is 1. The van der Waals surface area contributed by atoms with Gasteiger partial charge in [0.2, 0.25) is 5.91 Å². The molecule has 18 heavy (non-hydrogen) atoms. The van der Waals surface area contributed by atoms with Gasteiger partial charge in [0.1, 0.15) is 0 Å². The average Bonchev–Trinajstić information content (AvgIpc) is 2.38. The molecule has 0 spiro atoms. The topological polar surface area (TPSA) is 58.4 Å². The lowest BCUT2D eigenvalue weighted by Crippen LogP contribution is -2.40. The Labute approximate surface area is 108 Å². The molecule has 4 nitrogen and oxygen atoms in total. The number of nitrogens with two attached hydrogens (primary N) is 1. The third kappa shape index (κ3) is 3.23. The summed E-state index contributed by atoms with van der Waals surface area (Å²) in [4.78, 5) is 13.5. The summed E-state index contributed by atoms with van der Waals surface area (Å²) >= 11 is 0. The van der Waals surface area contributed by atoms with Gasteiger partial charge < -0.3 is 16.0 Å². The van der Waals surface area contributed by atoms with Gasteiger partial charge in [-0.3, -0.25) is 4.79 Å². The number of likely N-dealkylation sites (N-methyl/N-ethyl adjacent to an activating group) is 1. The summed E-state index contributed by atoms with van der Waals surface area (Å²) in [7, 11) is 2.17. The van der Waals surface area contributed by atoms with E-state index in [2.05, 4.69) is 17.3 Å².